The third-order valence-corrected chi connectivity index (χ3v) is 3.14. The number of para-hydroxylation sites is 1. The molecule has 15 heavy (non-hydrogen) atoms. The second-order valence-corrected chi connectivity index (χ2v) is 4.04. The summed E-state index contributed by atoms with van der Waals surface area (Å²) in [7, 11) is 0. The van der Waals surface area contributed by atoms with Crippen LogP contribution in [0.4, 0.5) is 0 Å². The molecule has 0 amide bonds. The minimum absolute atomic E-state index is 0.264. The summed E-state index contributed by atoms with van der Waals surface area (Å²) in [5.74, 6) is 1.55. The van der Waals surface area contributed by atoms with Crippen molar-refractivity contribution < 1.29 is 9.84 Å². The first-order valence-corrected chi connectivity index (χ1v) is 5.72. The van der Waals surface area contributed by atoms with Gasteiger partial charge in [0, 0.05) is 6.61 Å². The highest BCUT2D eigenvalue weighted by molar-refractivity contribution is 5.44. The Labute approximate surface area is 90.9 Å². The van der Waals surface area contributed by atoms with Crippen LogP contribution in [0.25, 0.3) is 0 Å². The van der Waals surface area contributed by atoms with Gasteiger partial charge >= 0.3 is 0 Å². The summed E-state index contributed by atoms with van der Waals surface area (Å²) in [5, 5.41) is 9.03. The van der Waals surface area contributed by atoms with Crippen molar-refractivity contribution in [2.24, 2.45) is 0 Å². The molecular formula is C13H18O2. The first-order valence-electron chi connectivity index (χ1n) is 5.72. The largest absolute Gasteiger partial charge is 0.493 e. The second kappa shape index (κ2) is 4.67. The summed E-state index contributed by atoms with van der Waals surface area (Å²) in [6.07, 6.45) is 2.89. The Morgan fingerprint density at radius 1 is 1.47 bits per heavy atom. The SMILES string of the molecule is CCc1cccc2c1OCCC2CCO. The summed E-state index contributed by atoms with van der Waals surface area (Å²) in [6.45, 7) is 3.20. The summed E-state index contributed by atoms with van der Waals surface area (Å²) < 4.78 is 5.74. The molecule has 0 aliphatic carbocycles. The molecule has 0 spiro atoms. The number of fused-ring (bicyclic) bond motifs is 1. The Morgan fingerprint density at radius 2 is 2.33 bits per heavy atom. The van der Waals surface area contributed by atoms with Crippen LogP contribution in [-0.4, -0.2) is 18.3 Å². The van der Waals surface area contributed by atoms with Gasteiger partial charge in [-0.15, -0.1) is 0 Å². The third-order valence-electron chi connectivity index (χ3n) is 3.14. The number of rotatable bonds is 3. The van der Waals surface area contributed by atoms with Crippen molar-refractivity contribution in [3.8, 4) is 5.75 Å². The van der Waals surface area contributed by atoms with E-state index < -0.39 is 0 Å². The maximum absolute atomic E-state index is 9.03. The van der Waals surface area contributed by atoms with Gasteiger partial charge in [0.05, 0.1) is 6.61 Å². The Hall–Kier alpha value is -1.02. The van der Waals surface area contributed by atoms with Crippen LogP contribution in [0.3, 0.4) is 0 Å². The van der Waals surface area contributed by atoms with E-state index in [4.69, 9.17) is 9.84 Å². The highest BCUT2D eigenvalue weighted by atomic mass is 16.5. The van der Waals surface area contributed by atoms with Crippen LogP contribution in [0.15, 0.2) is 18.2 Å². The van der Waals surface area contributed by atoms with E-state index in [1.165, 1.54) is 11.1 Å². The van der Waals surface area contributed by atoms with Crippen LogP contribution in [0.1, 0.15) is 36.8 Å². The minimum atomic E-state index is 0.264. The maximum Gasteiger partial charge on any atom is 0.125 e. The molecule has 2 heteroatoms. The van der Waals surface area contributed by atoms with Crippen molar-refractivity contribution >= 4 is 0 Å². The number of aliphatic hydroxyl groups is 1. The quantitative estimate of drug-likeness (QED) is 0.823. The van der Waals surface area contributed by atoms with E-state index >= 15 is 0 Å². The molecule has 2 nitrogen and oxygen atoms in total. The van der Waals surface area contributed by atoms with Crippen molar-refractivity contribution in [3.05, 3.63) is 29.3 Å². The lowest BCUT2D eigenvalue weighted by molar-refractivity contribution is 0.228. The fourth-order valence-corrected chi connectivity index (χ4v) is 2.30. The zero-order chi connectivity index (χ0) is 10.7. The van der Waals surface area contributed by atoms with Crippen LogP contribution in [-0.2, 0) is 6.42 Å². The van der Waals surface area contributed by atoms with Gasteiger partial charge in [0.25, 0.3) is 0 Å². The monoisotopic (exact) mass is 206 g/mol. The molecule has 0 aromatic heterocycles. The highest BCUT2D eigenvalue weighted by Crippen LogP contribution is 2.37. The van der Waals surface area contributed by atoms with E-state index in [-0.39, 0.29) is 6.61 Å². The Bertz CT molecular complexity index is 333. The van der Waals surface area contributed by atoms with Crippen molar-refractivity contribution in [3.63, 3.8) is 0 Å². The van der Waals surface area contributed by atoms with E-state index in [0.29, 0.717) is 5.92 Å². The van der Waals surface area contributed by atoms with E-state index in [2.05, 4.69) is 25.1 Å². The van der Waals surface area contributed by atoms with Crippen LogP contribution in [0.5, 0.6) is 5.75 Å². The molecule has 0 bridgehead atoms. The molecular weight excluding hydrogens is 188 g/mol. The minimum Gasteiger partial charge on any atom is -0.493 e. The molecule has 0 saturated carbocycles. The number of hydrogen-bond donors (Lipinski definition) is 1. The molecule has 1 aliphatic heterocycles. The molecule has 1 aromatic carbocycles. The lowest BCUT2D eigenvalue weighted by Crippen LogP contribution is -2.16. The van der Waals surface area contributed by atoms with Gasteiger partial charge in [0.2, 0.25) is 0 Å². The molecule has 0 saturated heterocycles. The number of aryl methyl sites for hydroxylation is 1. The normalized spacial score (nSPS) is 19.5. The molecule has 2 rings (SSSR count). The number of benzene rings is 1. The van der Waals surface area contributed by atoms with Gasteiger partial charge in [0.15, 0.2) is 0 Å². The van der Waals surface area contributed by atoms with E-state index in [1.54, 1.807) is 0 Å². The Morgan fingerprint density at radius 3 is 3.07 bits per heavy atom. The van der Waals surface area contributed by atoms with Gasteiger partial charge in [0.1, 0.15) is 5.75 Å². The molecule has 0 fully saturated rings. The highest BCUT2D eigenvalue weighted by Gasteiger charge is 2.22. The van der Waals surface area contributed by atoms with Crippen molar-refractivity contribution in [2.45, 2.75) is 32.1 Å². The van der Waals surface area contributed by atoms with Gasteiger partial charge in [-0.1, -0.05) is 25.1 Å². The standard InChI is InChI=1S/C13H18O2/c1-2-10-4-3-5-12-11(6-8-14)7-9-15-13(10)12/h3-5,11,14H,2,6-9H2,1H3. The molecule has 1 unspecified atom stereocenters. The third kappa shape index (κ3) is 2.00. The Kier molecular flexibility index (Phi) is 3.27. The number of hydrogen-bond acceptors (Lipinski definition) is 2. The zero-order valence-electron chi connectivity index (χ0n) is 9.20. The topological polar surface area (TPSA) is 29.5 Å². The van der Waals surface area contributed by atoms with Crippen LogP contribution < -0.4 is 4.74 Å². The zero-order valence-corrected chi connectivity index (χ0v) is 9.20. The smallest absolute Gasteiger partial charge is 0.125 e. The second-order valence-electron chi connectivity index (χ2n) is 4.04. The average molecular weight is 206 g/mol. The van der Waals surface area contributed by atoms with Gasteiger partial charge in [-0.05, 0) is 36.3 Å². The average Bonchev–Trinajstić information content (AvgIpc) is 2.29. The molecule has 1 aliphatic rings. The lowest BCUT2D eigenvalue weighted by Gasteiger charge is -2.27. The van der Waals surface area contributed by atoms with Gasteiger partial charge in [-0.2, -0.15) is 0 Å². The fourth-order valence-electron chi connectivity index (χ4n) is 2.30. The summed E-state index contributed by atoms with van der Waals surface area (Å²) in [4.78, 5) is 0. The van der Waals surface area contributed by atoms with Crippen LogP contribution in [0, 0.1) is 0 Å². The first-order chi connectivity index (χ1) is 7.36. The molecule has 0 radical (unpaired) electrons. The summed E-state index contributed by atoms with van der Waals surface area (Å²) in [6, 6.07) is 6.35. The van der Waals surface area contributed by atoms with Gasteiger partial charge < -0.3 is 9.84 Å². The van der Waals surface area contributed by atoms with Crippen LogP contribution in [0.2, 0.25) is 0 Å². The molecule has 1 aromatic rings. The van der Waals surface area contributed by atoms with Crippen molar-refractivity contribution in [1.29, 1.82) is 0 Å². The van der Waals surface area contributed by atoms with E-state index in [9.17, 15) is 0 Å². The maximum atomic E-state index is 9.03. The number of ether oxygens (including phenoxy) is 1. The summed E-state index contributed by atoms with van der Waals surface area (Å²) >= 11 is 0. The molecule has 82 valence electrons. The molecule has 1 atom stereocenters. The van der Waals surface area contributed by atoms with E-state index in [1.807, 2.05) is 0 Å². The Balaban J connectivity index is 2.35. The predicted molar refractivity (Wildman–Crippen MR) is 60.4 cm³/mol. The molecule has 1 N–H and O–H groups in total. The van der Waals surface area contributed by atoms with Crippen molar-refractivity contribution in [2.75, 3.05) is 13.2 Å². The van der Waals surface area contributed by atoms with E-state index in [0.717, 1.165) is 31.6 Å². The lowest BCUT2D eigenvalue weighted by atomic mass is 9.88. The predicted octanol–water partition coefficient (Wildman–Crippen LogP) is 2.50. The molecule has 1 heterocycles. The van der Waals surface area contributed by atoms with Crippen molar-refractivity contribution in [1.82, 2.24) is 0 Å². The number of aliphatic hydroxyl groups excluding tert-OH is 1. The first kappa shape index (κ1) is 10.5. The summed E-state index contributed by atoms with van der Waals surface area (Å²) in [5.41, 5.74) is 2.57. The fraction of sp³-hybridized carbons (Fsp3) is 0.538. The van der Waals surface area contributed by atoms with Crippen LogP contribution >= 0.6 is 0 Å². The van der Waals surface area contributed by atoms with Gasteiger partial charge in [-0.25, -0.2) is 0 Å². The van der Waals surface area contributed by atoms with Gasteiger partial charge in [-0.3, -0.25) is 0 Å².